The number of carbonyl (C=O) groups excluding carboxylic acids is 4. The van der Waals surface area contributed by atoms with E-state index in [1.165, 1.54) is 19.1 Å². The number of nitrogens with zero attached hydrogens (tertiary/aromatic N) is 2. The van der Waals surface area contributed by atoms with Crippen molar-refractivity contribution in [3.05, 3.63) is 29.8 Å². The Morgan fingerprint density at radius 3 is 2.34 bits per heavy atom. The van der Waals surface area contributed by atoms with Crippen molar-refractivity contribution in [1.29, 1.82) is 0 Å². The first-order valence-electron chi connectivity index (χ1n) is 16.3. The first kappa shape index (κ1) is 35.2. The molecule has 11 heteroatoms. The molecule has 2 atom stereocenters. The Bertz CT molecular complexity index is 1120. The zero-order chi connectivity index (χ0) is 32.1. The summed E-state index contributed by atoms with van der Waals surface area (Å²) in [6.07, 6.45) is 8.96. The van der Waals surface area contributed by atoms with Gasteiger partial charge in [0.05, 0.1) is 5.92 Å². The normalized spacial score (nSPS) is 18.1. The summed E-state index contributed by atoms with van der Waals surface area (Å²) in [4.78, 5) is 65.9. The van der Waals surface area contributed by atoms with Crippen LogP contribution >= 0.6 is 0 Å². The molecule has 44 heavy (non-hydrogen) atoms. The smallest absolute Gasteiger partial charge is 0.322 e. The number of anilines is 1. The van der Waals surface area contributed by atoms with E-state index in [4.69, 9.17) is 0 Å². The zero-order valence-corrected chi connectivity index (χ0v) is 26.6. The van der Waals surface area contributed by atoms with Gasteiger partial charge in [0.2, 0.25) is 17.7 Å². The van der Waals surface area contributed by atoms with Crippen LogP contribution in [-0.2, 0) is 19.2 Å². The number of aliphatic carboxylic acids is 1. The number of piperidine rings is 2. The topological polar surface area (TPSA) is 148 Å². The summed E-state index contributed by atoms with van der Waals surface area (Å²) in [7, 11) is 0. The van der Waals surface area contributed by atoms with E-state index in [0.29, 0.717) is 49.8 Å². The average Bonchev–Trinajstić information content (AvgIpc) is 3.02. The highest BCUT2D eigenvalue weighted by Crippen LogP contribution is 2.23. The number of likely N-dealkylation sites (tertiary alicyclic amines) is 1. The van der Waals surface area contributed by atoms with Gasteiger partial charge in [-0.2, -0.15) is 0 Å². The Morgan fingerprint density at radius 2 is 1.68 bits per heavy atom. The number of unbranched alkanes of at least 4 members (excludes halogenated alkanes) is 2. The number of carboxylic acid groups (broad SMARTS) is 1. The highest BCUT2D eigenvalue weighted by atomic mass is 16.4. The van der Waals surface area contributed by atoms with Gasteiger partial charge in [0.15, 0.2) is 0 Å². The van der Waals surface area contributed by atoms with Gasteiger partial charge < -0.3 is 20.6 Å². The molecule has 2 saturated heterocycles. The molecule has 2 aliphatic rings. The van der Waals surface area contributed by atoms with E-state index in [0.717, 1.165) is 63.0 Å². The van der Waals surface area contributed by atoms with Crippen molar-refractivity contribution in [3.63, 3.8) is 0 Å². The number of rotatable bonds is 15. The minimum Gasteiger partial charge on any atom is -0.480 e. The SMILES string of the molecule is CC(C)CCCCCC(=O)Nc1ccc(C(=O)N(N[C@@H](C)C(=O)O)C(=O)[C@@H]2CCCN(C(=O)CCC3CCNCC3)C2)cc1. The van der Waals surface area contributed by atoms with E-state index in [2.05, 4.69) is 29.9 Å². The number of carbonyl (C=O) groups is 5. The molecule has 11 nitrogen and oxygen atoms in total. The van der Waals surface area contributed by atoms with Gasteiger partial charge >= 0.3 is 5.97 Å². The van der Waals surface area contributed by atoms with Gasteiger partial charge in [-0.15, -0.1) is 0 Å². The molecule has 0 aromatic heterocycles. The molecule has 0 unspecified atom stereocenters. The predicted molar refractivity (Wildman–Crippen MR) is 169 cm³/mol. The molecule has 1 aromatic rings. The number of amides is 4. The van der Waals surface area contributed by atoms with E-state index in [1.54, 1.807) is 17.0 Å². The summed E-state index contributed by atoms with van der Waals surface area (Å²) in [5, 5.41) is 16.4. The number of hydrogen-bond acceptors (Lipinski definition) is 7. The van der Waals surface area contributed by atoms with E-state index in [1.807, 2.05) is 0 Å². The Morgan fingerprint density at radius 1 is 0.977 bits per heavy atom. The van der Waals surface area contributed by atoms with Crippen molar-refractivity contribution in [2.75, 3.05) is 31.5 Å². The molecular weight excluding hydrogens is 562 g/mol. The molecule has 4 amide bonds. The maximum absolute atomic E-state index is 13.7. The number of hydrazine groups is 1. The molecule has 0 spiro atoms. The fraction of sp³-hybridized carbons (Fsp3) is 0.667. The Hall–Kier alpha value is -3.31. The van der Waals surface area contributed by atoms with E-state index in [9.17, 15) is 29.1 Å². The molecule has 2 heterocycles. The molecular formula is C33H51N5O6. The average molecular weight is 614 g/mol. The van der Waals surface area contributed by atoms with Gasteiger partial charge in [-0.05, 0) is 94.6 Å². The van der Waals surface area contributed by atoms with Crippen LogP contribution < -0.4 is 16.1 Å². The monoisotopic (exact) mass is 613 g/mol. The lowest BCUT2D eigenvalue weighted by atomic mass is 9.92. The van der Waals surface area contributed by atoms with E-state index in [-0.39, 0.29) is 23.9 Å². The second kappa shape index (κ2) is 17.9. The van der Waals surface area contributed by atoms with Crippen LogP contribution in [0.3, 0.4) is 0 Å². The van der Waals surface area contributed by atoms with Crippen LogP contribution in [0.2, 0.25) is 0 Å². The van der Waals surface area contributed by atoms with Crippen molar-refractivity contribution in [3.8, 4) is 0 Å². The van der Waals surface area contributed by atoms with Gasteiger partial charge in [-0.25, -0.2) is 10.4 Å². The lowest BCUT2D eigenvalue weighted by Crippen LogP contribution is -2.56. The third kappa shape index (κ3) is 11.3. The highest BCUT2D eigenvalue weighted by molar-refractivity contribution is 6.05. The van der Waals surface area contributed by atoms with Crippen LogP contribution in [0.5, 0.6) is 0 Å². The fourth-order valence-electron chi connectivity index (χ4n) is 5.78. The number of nitrogens with one attached hydrogen (secondary N) is 3. The molecule has 244 valence electrons. The first-order chi connectivity index (χ1) is 21.0. The second-order valence-corrected chi connectivity index (χ2v) is 12.7. The van der Waals surface area contributed by atoms with E-state index < -0.39 is 29.7 Å². The Labute approximate surface area is 261 Å². The molecule has 2 aliphatic heterocycles. The number of imide groups is 1. The van der Waals surface area contributed by atoms with Gasteiger partial charge in [0.25, 0.3) is 5.91 Å². The lowest BCUT2D eigenvalue weighted by molar-refractivity contribution is -0.144. The van der Waals surface area contributed by atoms with Gasteiger partial charge in [0.1, 0.15) is 6.04 Å². The maximum Gasteiger partial charge on any atom is 0.322 e. The van der Waals surface area contributed by atoms with Crippen LogP contribution in [0.25, 0.3) is 0 Å². The molecule has 0 bridgehead atoms. The third-order valence-electron chi connectivity index (χ3n) is 8.57. The number of hydrogen-bond donors (Lipinski definition) is 4. The minimum atomic E-state index is -1.21. The van der Waals surface area contributed by atoms with Gasteiger partial charge in [-0.3, -0.25) is 24.0 Å². The Kier molecular flexibility index (Phi) is 14.3. The molecule has 4 N–H and O–H groups in total. The quantitative estimate of drug-likeness (QED) is 0.131. The van der Waals surface area contributed by atoms with Crippen molar-refractivity contribution >= 4 is 35.3 Å². The molecule has 0 saturated carbocycles. The maximum atomic E-state index is 13.7. The van der Waals surface area contributed by atoms with Crippen molar-refractivity contribution in [1.82, 2.24) is 20.7 Å². The van der Waals surface area contributed by atoms with Crippen molar-refractivity contribution < 1.29 is 29.1 Å². The number of benzene rings is 1. The summed E-state index contributed by atoms with van der Waals surface area (Å²) in [5.41, 5.74) is 3.27. The first-order valence-corrected chi connectivity index (χ1v) is 16.3. The lowest BCUT2D eigenvalue weighted by Gasteiger charge is -2.35. The molecule has 3 rings (SSSR count). The largest absolute Gasteiger partial charge is 0.480 e. The Balaban J connectivity index is 1.60. The summed E-state index contributed by atoms with van der Waals surface area (Å²) in [6, 6.07) is 5.00. The third-order valence-corrected chi connectivity index (χ3v) is 8.57. The van der Waals surface area contributed by atoms with E-state index >= 15 is 0 Å². The highest BCUT2D eigenvalue weighted by Gasteiger charge is 2.35. The molecule has 0 radical (unpaired) electrons. The molecule has 1 aromatic carbocycles. The molecule has 0 aliphatic carbocycles. The van der Waals surface area contributed by atoms with Crippen LogP contribution in [0, 0.1) is 17.8 Å². The van der Waals surface area contributed by atoms with Crippen molar-refractivity contribution in [2.45, 2.75) is 97.4 Å². The van der Waals surface area contributed by atoms with Gasteiger partial charge in [0, 0.05) is 37.2 Å². The van der Waals surface area contributed by atoms with Crippen molar-refractivity contribution in [2.24, 2.45) is 17.8 Å². The summed E-state index contributed by atoms with van der Waals surface area (Å²) in [5.74, 6) is -2.02. The number of carboxylic acids is 1. The van der Waals surface area contributed by atoms with Crippen LogP contribution in [0.1, 0.15) is 102 Å². The minimum absolute atomic E-state index is 0.0129. The fourth-order valence-corrected chi connectivity index (χ4v) is 5.78. The van der Waals surface area contributed by atoms with Crippen LogP contribution in [0.15, 0.2) is 24.3 Å². The standard InChI is InChI=1S/C33H51N5O6/c1-23(2)8-5-4-6-10-29(39)35-28-14-12-26(13-15-28)31(41)38(36-24(3)33(43)44)32(42)27-9-7-21-37(22-27)30(40)16-11-25-17-19-34-20-18-25/h12-15,23-25,27,34,36H,4-11,16-22H2,1-3H3,(H,35,39)(H,43,44)/t24-,27+/m0/s1. The summed E-state index contributed by atoms with van der Waals surface area (Å²) < 4.78 is 0. The predicted octanol–water partition coefficient (Wildman–Crippen LogP) is 4.20. The summed E-state index contributed by atoms with van der Waals surface area (Å²) >= 11 is 0. The van der Waals surface area contributed by atoms with Crippen LogP contribution in [-0.4, -0.2) is 76.8 Å². The zero-order valence-electron chi connectivity index (χ0n) is 26.6. The second-order valence-electron chi connectivity index (χ2n) is 12.7. The van der Waals surface area contributed by atoms with Crippen LogP contribution in [0.4, 0.5) is 5.69 Å². The van der Waals surface area contributed by atoms with Gasteiger partial charge in [-0.1, -0.05) is 33.1 Å². The summed E-state index contributed by atoms with van der Waals surface area (Å²) in [6.45, 7) is 8.43. The molecule has 2 fully saturated rings.